The molecule has 1 fully saturated rings. The first-order valence-electron chi connectivity index (χ1n) is 11.8. The third-order valence-corrected chi connectivity index (χ3v) is 7.95. The molecule has 3 amide bonds. The average molecular weight is 553 g/mol. The van der Waals surface area contributed by atoms with Crippen molar-refractivity contribution < 1.29 is 28.7 Å². The van der Waals surface area contributed by atoms with Gasteiger partial charge in [0.25, 0.3) is 11.8 Å². The van der Waals surface area contributed by atoms with E-state index in [0.29, 0.717) is 23.0 Å². The minimum absolute atomic E-state index is 0.0339. The number of β-lactam (4-membered cyclic amide) rings is 1. The number of likely N-dealkylation sites (N-methyl/N-ethyl adjacent to an activating group) is 1. The zero-order valence-corrected chi connectivity index (χ0v) is 23.2. The molecule has 14 heteroatoms. The third kappa shape index (κ3) is 6.55. The van der Waals surface area contributed by atoms with E-state index in [1.807, 2.05) is 13.8 Å². The first-order chi connectivity index (χ1) is 17.7. The number of esters is 1. The third-order valence-electron chi connectivity index (χ3n) is 5.85. The predicted octanol–water partition coefficient (Wildman–Crippen LogP) is 0.706. The number of aliphatic imine (C=N–C) groups is 1. The number of rotatable bonds is 12. The first kappa shape index (κ1) is 28.8. The van der Waals surface area contributed by atoms with E-state index < -0.39 is 29.2 Å². The summed E-state index contributed by atoms with van der Waals surface area (Å²) in [6.07, 6.45) is 0. The monoisotopic (exact) mass is 552 g/mol. The SMILES string of the molecule is CCN(CC)CCOC(=O)C1=C(COC)CSC2[C@H](NC(=O)/C(=N/C)c3csc(NC(C)=O)n3)C(=O)N12. The van der Waals surface area contributed by atoms with E-state index >= 15 is 0 Å². The molecule has 3 heterocycles. The summed E-state index contributed by atoms with van der Waals surface area (Å²) in [5, 5.41) is 6.76. The number of ether oxygens (including phenoxy) is 2. The van der Waals surface area contributed by atoms with Gasteiger partial charge in [-0.05, 0) is 18.7 Å². The molecule has 1 saturated heterocycles. The number of hydrogen-bond acceptors (Lipinski definition) is 11. The number of fused-ring (bicyclic) bond motifs is 1. The summed E-state index contributed by atoms with van der Waals surface area (Å²) in [5.74, 6) is -1.39. The van der Waals surface area contributed by atoms with Gasteiger partial charge < -0.3 is 25.0 Å². The number of nitrogens with zero attached hydrogens (tertiary/aromatic N) is 4. The van der Waals surface area contributed by atoms with Crippen LogP contribution in [0.4, 0.5) is 5.13 Å². The van der Waals surface area contributed by atoms with Crippen molar-refractivity contribution in [2.75, 3.05) is 58.1 Å². The molecule has 0 aliphatic carbocycles. The second-order valence-electron chi connectivity index (χ2n) is 8.20. The van der Waals surface area contributed by atoms with Crippen molar-refractivity contribution in [2.24, 2.45) is 4.99 Å². The fraction of sp³-hybridized carbons (Fsp3) is 0.565. The van der Waals surface area contributed by atoms with E-state index in [9.17, 15) is 19.2 Å². The highest BCUT2D eigenvalue weighted by molar-refractivity contribution is 8.00. The van der Waals surface area contributed by atoms with Crippen LogP contribution in [0.1, 0.15) is 26.5 Å². The van der Waals surface area contributed by atoms with Gasteiger partial charge in [0.15, 0.2) is 5.13 Å². The molecular formula is C23H32N6O6S2. The van der Waals surface area contributed by atoms with Crippen LogP contribution in [0.15, 0.2) is 21.6 Å². The Kier molecular flexibility index (Phi) is 10.2. The standard InChI is InChI=1S/C23H32N6O6S2/c1-6-28(7-2)8-9-35-22(33)18-14(10-34-5)11-36-21-17(20(32)29(18)21)27-19(31)16(24-4)15-12-37-23(26-15)25-13(3)30/h12,17,21H,6-11H2,1-5H3,(H,27,31)(H,25,26,30)/b24-16+/t17-,21?/m1/s1. The summed E-state index contributed by atoms with van der Waals surface area (Å²) in [7, 11) is 2.97. The van der Waals surface area contributed by atoms with Crippen molar-refractivity contribution in [3.05, 3.63) is 22.3 Å². The number of anilines is 1. The molecule has 2 aliphatic heterocycles. The molecule has 3 rings (SSSR count). The number of amides is 3. The maximum atomic E-state index is 13.1. The number of thiazole rings is 1. The van der Waals surface area contributed by atoms with Crippen LogP contribution in [-0.2, 0) is 28.7 Å². The number of thioether (sulfide) groups is 1. The molecule has 0 saturated carbocycles. The molecule has 202 valence electrons. The molecule has 37 heavy (non-hydrogen) atoms. The summed E-state index contributed by atoms with van der Waals surface area (Å²) in [5.41, 5.74) is 1.17. The number of aromatic nitrogens is 1. The molecular weight excluding hydrogens is 520 g/mol. The van der Waals surface area contributed by atoms with Gasteiger partial charge in [0.2, 0.25) is 5.91 Å². The first-order valence-corrected chi connectivity index (χ1v) is 13.7. The summed E-state index contributed by atoms with van der Waals surface area (Å²) in [6, 6.07) is -0.842. The lowest BCUT2D eigenvalue weighted by molar-refractivity contribution is -0.152. The van der Waals surface area contributed by atoms with E-state index in [2.05, 4.69) is 25.5 Å². The minimum atomic E-state index is -0.842. The van der Waals surface area contributed by atoms with Crippen molar-refractivity contribution in [3.63, 3.8) is 0 Å². The maximum Gasteiger partial charge on any atom is 0.355 e. The van der Waals surface area contributed by atoms with Crippen LogP contribution in [0.3, 0.4) is 0 Å². The topological polar surface area (TPSA) is 143 Å². The second kappa shape index (κ2) is 13.1. The van der Waals surface area contributed by atoms with Gasteiger partial charge in [0, 0.05) is 38.8 Å². The van der Waals surface area contributed by atoms with Gasteiger partial charge in [0.1, 0.15) is 35.1 Å². The van der Waals surface area contributed by atoms with Crippen molar-refractivity contribution in [2.45, 2.75) is 32.2 Å². The molecule has 0 aromatic carbocycles. The number of hydrogen-bond donors (Lipinski definition) is 2. The lowest BCUT2D eigenvalue weighted by atomic mass is 10.0. The molecule has 2 atom stereocenters. The van der Waals surface area contributed by atoms with Gasteiger partial charge in [-0.2, -0.15) is 0 Å². The minimum Gasteiger partial charge on any atom is -0.460 e. The van der Waals surface area contributed by atoms with Gasteiger partial charge in [-0.3, -0.25) is 24.3 Å². The molecule has 12 nitrogen and oxygen atoms in total. The highest BCUT2D eigenvalue weighted by Crippen LogP contribution is 2.40. The van der Waals surface area contributed by atoms with E-state index in [0.717, 1.165) is 24.4 Å². The number of nitrogens with one attached hydrogen (secondary N) is 2. The van der Waals surface area contributed by atoms with Crippen LogP contribution in [-0.4, -0.2) is 108 Å². The number of carbonyl (C=O) groups excluding carboxylic acids is 4. The Morgan fingerprint density at radius 2 is 2.03 bits per heavy atom. The molecule has 0 bridgehead atoms. The fourth-order valence-corrected chi connectivity index (χ4v) is 6.03. The van der Waals surface area contributed by atoms with Gasteiger partial charge in [0.05, 0.1) is 6.61 Å². The van der Waals surface area contributed by atoms with Crippen LogP contribution in [0.5, 0.6) is 0 Å². The summed E-state index contributed by atoms with van der Waals surface area (Å²) in [6.45, 7) is 8.10. The Bertz CT molecular complexity index is 1100. The predicted molar refractivity (Wildman–Crippen MR) is 142 cm³/mol. The van der Waals surface area contributed by atoms with Crippen LogP contribution < -0.4 is 10.6 Å². The van der Waals surface area contributed by atoms with Gasteiger partial charge >= 0.3 is 5.97 Å². The largest absolute Gasteiger partial charge is 0.460 e. The lowest BCUT2D eigenvalue weighted by Crippen LogP contribution is -2.71. The van der Waals surface area contributed by atoms with Crippen LogP contribution in [0, 0.1) is 0 Å². The van der Waals surface area contributed by atoms with Crippen molar-refractivity contribution in [1.82, 2.24) is 20.1 Å². The van der Waals surface area contributed by atoms with Gasteiger partial charge in [-0.25, -0.2) is 9.78 Å². The highest BCUT2D eigenvalue weighted by atomic mass is 32.2. The summed E-state index contributed by atoms with van der Waals surface area (Å²) in [4.78, 5) is 62.2. The molecule has 1 aromatic rings. The molecule has 0 spiro atoms. The van der Waals surface area contributed by atoms with Gasteiger partial charge in [-0.15, -0.1) is 23.1 Å². The molecule has 1 unspecified atom stereocenters. The smallest absolute Gasteiger partial charge is 0.355 e. The Labute approximate surface area is 223 Å². The maximum absolute atomic E-state index is 13.1. The Balaban J connectivity index is 1.70. The summed E-state index contributed by atoms with van der Waals surface area (Å²) < 4.78 is 10.8. The zero-order chi connectivity index (χ0) is 27.1. The normalized spacial score (nSPS) is 19.5. The second-order valence-corrected chi connectivity index (χ2v) is 10.2. The highest BCUT2D eigenvalue weighted by Gasteiger charge is 2.54. The van der Waals surface area contributed by atoms with Crippen LogP contribution >= 0.6 is 23.1 Å². The van der Waals surface area contributed by atoms with E-state index in [-0.39, 0.29) is 36.2 Å². The van der Waals surface area contributed by atoms with Crippen molar-refractivity contribution in [3.8, 4) is 0 Å². The Hall–Kier alpha value is -2.81. The quantitative estimate of drug-likeness (QED) is 0.218. The van der Waals surface area contributed by atoms with E-state index in [1.165, 1.54) is 37.7 Å². The van der Waals surface area contributed by atoms with E-state index in [4.69, 9.17) is 9.47 Å². The molecule has 1 aromatic heterocycles. The zero-order valence-electron chi connectivity index (χ0n) is 21.5. The van der Waals surface area contributed by atoms with Crippen molar-refractivity contribution >= 4 is 57.6 Å². The van der Waals surface area contributed by atoms with E-state index in [1.54, 1.807) is 5.38 Å². The average Bonchev–Trinajstić information content (AvgIpc) is 3.32. The Morgan fingerprint density at radius 1 is 1.30 bits per heavy atom. The Morgan fingerprint density at radius 3 is 2.65 bits per heavy atom. The fourth-order valence-electron chi connectivity index (χ4n) is 3.97. The number of methoxy groups -OCH3 is 1. The molecule has 0 radical (unpaired) electrons. The lowest BCUT2D eigenvalue weighted by Gasteiger charge is -2.49. The van der Waals surface area contributed by atoms with Crippen LogP contribution in [0.25, 0.3) is 0 Å². The molecule has 2 aliphatic rings. The number of carbonyl (C=O) groups is 4. The summed E-state index contributed by atoms with van der Waals surface area (Å²) >= 11 is 2.59. The van der Waals surface area contributed by atoms with Crippen LogP contribution in [0.2, 0.25) is 0 Å². The van der Waals surface area contributed by atoms with Gasteiger partial charge in [-0.1, -0.05) is 13.8 Å². The van der Waals surface area contributed by atoms with Crippen molar-refractivity contribution in [1.29, 1.82) is 0 Å². The molecule has 2 N–H and O–H groups in total.